The number of hydrogen-bond acceptors (Lipinski definition) is 4. The van der Waals surface area contributed by atoms with E-state index in [9.17, 15) is 0 Å². The van der Waals surface area contributed by atoms with E-state index in [1.165, 1.54) is 0 Å². The van der Waals surface area contributed by atoms with Crippen molar-refractivity contribution >= 4 is 17.6 Å². The highest BCUT2D eigenvalue weighted by molar-refractivity contribution is 7.99. The van der Waals surface area contributed by atoms with E-state index in [1.807, 2.05) is 17.8 Å². The van der Waals surface area contributed by atoms with Gasteiger partial charge in [-0.3, -0.25) is 0 Å². The van der Waals surface area contributed by atoms with E-state index >= 15 is 0 Å². The number of hydrogen-bond donors (Lipinski definition) is 2. The van der Waals surface area contributed by atoms with Gasteiger partial charge in [0.25, 0.3) is 0 Å². The number of nitrogens with zero attached hydrogens (tertiary/aromatic N) is 1. The fourth-order valence-electron chi connectivity index (χ4n) is 1.63. The Kier molecular flexibility index (Phi) is 6.26. The number of nitrogens with two attached hydrogens (primary N) is 1. The van der Waals surface area contributed by atoms with Gasteiger partial charge < -0.3 is 11.1 Å². The first kappa shape index (κ1) is 13.3. The van der Waals surface area contributed by atoms with Crippen LogP contribution in [0.1, 0.15) is 19.4 Å². The lowest BCUT2D eigenvalue weighted by molar-refractivity contribution is 0.573. The zero-order valence-corrected chi connectivity index (χ0v) is 10.9. The molecule has 0 spiro atoms. The van der Waals surface area contributed by atoms with Crippen molar-refractivity contribution in [1.82, 2.24) is 10.3 Å². The van der Waals surface area contributed by atoms with Crippen LogP contribution in [0.5, 0.6) is 0 Å². The second kappa shape index (κ2) is 7.52. The third-order valence-corrected chi connectivity index (χ3v) is 3.45. The average molecular weight is 239 g/mol. The summed E-state index contributed by atoms with van der Waals surface area (Å²) in [7, 11) is 0. The number of thioether (sulfide) groups is 1. The van der Waals surface area contributed by atoms with Gasteiger partial charge in [-0.05, 0) is 30.3 Å². The van der Waals surface area contributed by atoms with Crippen LogP contribution in [0.2, 0.25) is 0 Å². The normalized spacial score (nSPS) is 12.6. The maximum atomic E-state index is 5.85. The first-order valence-electron chi connectivity index (χ1n) is 5.78. The number of nitrogens with one attached hydrogen (secondary N) is 1. The summed E-state index contributed by atoms with van der Waals surface area (Å²) < 4.78 is 0. The van der Waals surface area contributed by atoms with Crippen molar-refractivity contribution in [3.63, 3.8) is 0 Å². The summed E-state index contributed by atoms with van der Waals surface area (Å²) in [5.41, 5.74) is 6.99. The summed E-state index contributed by atoms with van der Waals surface area (Å²) in [4.78, 5) is 4.12. The first-order valence-corrected chi connectivity index (χ1v) is 6.93. The minimum absolute atomic E-state index is 0.487. The van der Waals surface area contributed by atoms with Crippen molar-refractivity contribution in [2.75, 3.05) is 23.8 Å². The summed E-state index contributed by atoms with van der Waals surface area (Å²) in [6, 6.07) is 4.49. The molecule has 0 bridgehead atoms. The average Bonchev–Trinajstić information content (AvgIpc) is 2.29. The maximum Gasteiger partial charge on any atom is 0.126 e. The summed E-state index contributed by atoms with van der Waals surface area (Å²) >= 11 is 1.96. The molecule has 90 valence electrons. The van der Waals surface area contributed by atoms with Crippen LogP contribution in [0.15, 0.2) is 18.3 Å². The van der Waals surface area contributed by atoms with Crippen molar-refractivity contribution in [2.24, 2.45) is 0 Å². The van der Waals surface area contributed by atoms with Gasteiger partial charge in [0.05, 0.1) is 0 Å². The fourth-order valence-corrected chi connectivity index (χ4v) is 2.38. The monoisotopic (exact) mass is 239 g/mol. The lowest BCUT2D eigenvalue weighted by Gasteiger charge is -2.17. The standard InChI is InChI=1S/C12H21N3S/c1-3-14-11(9-16-4-2)8-10-6-5-7-15-12(10)13/h5-7,11,14H,3-4,8-9H2,1-2H3,(H2,13,15). The van der Waals surface area contributed by atoms with E-state index < -0.39 is 0 Å². The molecule has 0 fully saturated rings. The van der Waals surface area contributed by atoms with Crippen LogP contribution in [-0.4, -0.2) is 29.1 Å². The Labute approximate surface area is 102 Å². The molecule has 1 unspecified atom stereocenters. The number of pyridine rings is 1. The minimum Gasteiger partial charge on any atom is -0.383 e. The third kappa shape index (κ3) is 4.41. The van der Waals surface area contributed by atoms with Crippen LogP contribution in [0.25, 0.3) is 0 Å². The number of aromatic nitrogens is 1. The van der Waals surface area contributed by atoms with Gasteiger partial charge in [0.1, 0.15) is 5.82 Å². The molecule has 0 aliphatic heterocycles. The van der Waals surface area contributed by atoms with Crippen LogP contribution in [0.4, 0.5) is 5.82 Å². The molecule has 0 aliphatic rings. The second-order valence-corrected chi connectivity index (χ2v) is 4.98. The topological polar surface area (TPSA) is 50.9 Å². The molecule has 0 aliphatic carbocycles. The van der Waals surface area contributed by atoms with Gasteiger partial charge in [0.15, 0.2) is 0 Å². The zero-order chi connectivity index (χ0) is 11.8. The fraction of sp³-hybridized carbons (Fsp3) is 0.583. The third-order valence-electron chi connectivity index (χ3n) is 2.41. The molecule has 1 aromatic heterocycles. The molecule has 16 heavy (non-hydrogen) atoms. The highest BCUT2D eigenvalue weighted by atomic mass is 32.2. The molecule has 3 nitrogen and oxygen atoms in total. The first-order chi connectivity index (χ1) is 7.77. The van der Waals surface area contributed by atoms with Crippen LogP contribution in [0, 0.1) is 0 Å². The summed E-state index contributed by atoms with van der Waals surface area (Å²) in [6.45, 7) is 5.32. The van der Waals surface area contributed by atoms with Crippen LogP contribution >= 0.6 is 11.8 Å². The predicted molar refractivity (Wildman–Crippen MR) is 72.8 cm³/mol. The van der Waals surface area contributed by atoms with Gasteiger partial charge in [0.2, 0.25) is 0 Å². The Bertz CT molecular complexity index is 304. The number of rotatable bonds is 7. The highest BCUT2D eigenvalue weighted by Gasteiger charge is 2.10. The van der Waals surface area contributed by atoms with E-state index in [-0.39, 0.29) is 0 Å². The summed E-state index contributed by atoms with van der Waals surface area (Å²) in [5, 5.41) is 3.49. The van der Waals surface area contributed by atoms with E-state index in [1.54, 1.807) is 6.20 Å². The van der Waals surface area contributed by atoms with Crippen molar-refractivity contribution in [3.05, 3.63) is 23.9 Å². The summed E-state index contributed by atoms with van der Waals surface area (Å²) in [5.74, 6) is 2.94. The van der Waals surface area contributed by atoms with Gasteiger partial charge in [-0.25, -0.2) is 4.98 Å². The smallest absolute Gasteiger partial charge is 0.126 e. The summed E-state index contributed by atoms with van der Waals surface area (Å²) in [6.07, 6.45) is 2.70. The van der Waals surface area contributed by atoms with E-state index in [0.29, 0.717) is 11.9 Å². The molecule has 0 saturated carbocycles. The van der Waals surface area contributed by atoms with Crippen molar-refractivity contribution in [3.8, 4) is 0 Å². The van der Waals surface area contributed by atoms with Gasteiger partial charge in [-0.1, -0.05) is 19.9 Å². The van der Waals surface area contributed by atoms with E-state index in [2.05, 4.69) is 30.2 Å². The van der Waals surface area contributed by atoms with Gasteiger partial charge in [0, 0.05) is 18.0 Å². The molecule has 1 heterocycles. The van der Waals surface area contributed by atoms with Gasteiger partial charge in [-0.2, -0.15) is 11.8 Å². The lowest BCUT2D eigenvalue weighted by Crippen LogP contribution is -2.33. The van der Waals surface area contributed by atoms with Crippen molar-refractivity contribution in [1.29, 1.82) is 0 Å². The van der Waals surface area contributed by atoms with Gasteiger partial charge >= 0.3 is 0 Å². The molecule has 0 aromatic carbocycles. The molecule has 0 saturated heterocycles. The van der Waals surface area contributed by atoms with Crippen LogP contribution in [0.3, 0.4) is 0 Å². The Morgan fingerprint density at radius 1 is 1.50 bits per heavy atom. The molecule has 4 heteroatoms. The molecule has 1 rings (SSSR count). The van der Waals surface area contributed by atoms with Crippen LogP contribution in [-0.2, 0) is 6.42 Å². The van der Waals surface area contributed by atoms with Crippen LogP contribution < -0.4 is 11.1 Å². The highest BCUT2D eigenvalue weighted by Crippen LogP contribution is 2.12. The largest absolute Gasteiger partial charge is 0.383 e. The Hall–Kier alpha value is -0.740. The molecular weight excluding hydrogens is 218 g/mol. The molecule has 3 N–H and O–H groups in total. The molecular formula is C12H21N3S. The lowest BCUT2D eigenvalue weighted by atomic mass is 10.1. The zero-order valence-electron chi connectivity index (χ0n) is 10.1. The Balaban J connectivity index is 2.56. The molecule has 0 amide bonds. The molecule has 0 radical (unpaired) electrons. The molecule has 1 aromatic rings. The number of nitrogen functional groups attached to an aromatic ring is 1. The Morgan fingerprint density at radius 2 is 2.31 bits per heavy atom. The Morgan fingerprint density at radius 3 is 2.94 bits per heavy atom. The minimum atomic E-state index is 0.487. The maximum absolute atomic E-state index is 5.85. The van der Waals surface area contributed by atoms with E-state index in [0.717, 1.165) is 30.0 Å². The second-order valence-electron chi connectivity index (χ2n) is 3.67. The van der Waals surface area contributed by atoms with Crippen molar-refractivity contribution < 1.29 is 0 Å². The quantitative estimate of drug-likeness (QED) is 0.763. The van der Waals surface area contributed by atoms with Gasteiger partial charge in [-0.15, -0.1) is 0 Å². The molecule has 1 atom stereocenters. The predicted octanol–water partition coefficient (Wildman–Crippen LogP) is 1.94. The SMILES string of the molecule is CCNC(CSCC)Cc1cccnc1N. The van der Waals surface area contributed by atoms with Crippen molar-refractivity contribution in [2.45, 2.75) is 26.3 Å². The number of anilines is 1. The number of likely N-dealkylation sites (N-methyl/N-ethyl adjacent to an activating group) is 1. The van der Waals surface area contributed by atoms with E-state index in [4.69, 9.17) is 5.73 Å².